The third kappa shape index (κ3) is 3.15. The number of carbonyl (C=O) groups excluding carboxylic acids is 2. The molecule has 222 valence electrons. The van der Waals surface area contributed by atoms with Gasteiger partial charge in [0.2, 0.25) is 5.91 Å². The minimum Gasteiger partial charge on any atom is -0.462 e. The number of esters is 1. The van der Waals surface area contributed by atoms with E-state index in [9.17, 15) is 24.9 Å². The van der Waals surface area contributed by atoms with Crippen molar-refractivity contribution < 1.29 is 29.6 Å². The molecule has 1 aromatic carbocycles. The number of hydrogen-bond acceptors (Lipinski definition) is 7. The number of amides is 1. The molecule has 3 saturated heterocycles. The Hall–Kier alpha value is -2.26. The molecule has 2 saturated carbocycles. The summed E-state index contributed by atoms with van der Waals surface area (Å²) in [7, 11) is 0. The molecule has 2 spiro atoms. The first-order valence-corrected chi connectivity index (χ1v) is 15.5. The molecule has 41 heavy (non-hydrogen) atoms. The number of hydrogen-bond donors (Lipinski definition) is 4. The van der Waals surface area contributed by atoms with Gasteiger partial charge in [0.15, 0.2) is 0 Å². The van der Waals surface area contributed by atoms with Crippen LogP contribution in [-0.2, 0) is 19.9 Å². The number of cyclic esters (lactones) is 1. The normalized spacial score (nSPS) is 47.0. The molecule has 4 aliphatic heterocycles. The number of fused-ring (bicyclic) bond motifs is 6. The van der Waals surface area contributed by atoms with Gasteiger partial charge in [-0.05, 0) is 81.7 Å². The highest BCUT2D eigenvalue weighted by atomic mass is 16.6. The Bertz CT molecular complexity index is 1330. The van der Waals surface area contributed by atoms with Crippen LogP contribution in [0.25, 0.3) is 0 Å². The molecule has 10 atom stereocenters. The highest BCUT2D eigenvalue weighted by molar-refractivity contribution is 6.07. The molecule has 4 heterocycles. The number of nitrogens with one attached hydrogen (secondary N) is 1. The van der Waals surface area contributed by atoms with Crippen LogP contribution in [0.1, 0.15) is 69.9 Å². The number of carbonyl (C=O) groups is 2. The summed E-state index contributed by atoms with van der Waals surface area (Å²) in [5, 5.41) is 36.6. The van der Waals surface area contributed by atoms with E-state index in [0.717, 1.165) is 54.5 Å². The van der Waals surface area contributed by atoms with E-state index in [4.69, 9.17) is 4.74 Å². The minimum absolute atomic E-state index is 0.0549. The van der Waals surface area contributed by atoms with E-state index >= 15 is 0 Å². The van der Waals surface area contributed by atoms with Gasteiger partial charge < -0.3 is 25.4 Å². The Morgan fingerprint density at radius 1 is 1.15 bits per heavy atom. The van der Waals surface area contributed by atoms with Gasteiger partial charge in [0.1, 0.15) is 23.7 Å². The molecule has 1 aromatic rings. The van der Waals surface area contributed by atoms with E-state index in [0.29, 0.717) is 19.4 Å². The molecular weight excluding hydrogens is 520 g/mol. The first-order chi connectivity index (χ1) is 19.5. The summed E-state index contributed by atoms with van der Waals surface area (Å²) in [6.07, 6.45) is 3.42. The minimum atomic E-state index is -1.22. The SMILES string of the molecule is C=C1CC[C@@H]2[C@](C)(CO)[C@H](O)CC[C@]2(C)[C@@H]1CC1[C@@]2(C(=O)OC[C@H]2O)C2CCCN2[C@]12C(=O)Nc1ccc(C)cc12. The second-order valence-corrected chi connectivity index (χ2v) is 14.5. The summed E-state index contributed by atoms with van der Waals surface area (Å²) in [5.41, 5.74) is 0.541. The van der Waals surface area contributed by atoms with E-state index in [1.54, 1.807) is 0 Å². The molecule has 4 N–H and O–H groups in total. The molecule has 5 fully saturated rings. The van der Waals surface area contributed by atoms with Gasteiger partial charge in [-0.1, -0.05) is 43.7 Å². The number of aliphatic hydroxyl groups is 3. The molecule has 2 aliphatic carbocycles. The third-order valence-electron chi connectivity index (χ3n) is 13.0. The van der Waals surface area contributed by atoms with E-state index < -0.39 is 34.5 Å². The third-order valence-corrected chi connectivity index (χ3v) is 13.0. The molecule has 0 radical (unpaired) electrons. The number of ether oxygens (including phenoxy) is 1. The van der Waals surface area contributed by atoms with E-state index in [-0.39, 0.29) is 48.4 Å². The van der Waals surface area contributed by atoms with Crippen LogP contribution in [-0.4, -0.2) is 70.1 Å². The van der Waals surface area contributed by atoms with Gasteiger partial charge in [0, 0.05) is 28.6 Å². The predicted octanol–water partition coefficient (Wildman–Crippen LogP) is 3.27. The van der Waals surface area contributed by atoms with Crippen LogP contribution >= 0.6 is 0 Å². The van der Waals surface area contributed by atoms with Crippen LogP contribution in [0.15, 0.2) is 30.4 Å². The average molecular weight is 565 g/mol. The summed E-state index contributed by atoms with van der Waals surface area (Å²) in [4.78, 5) is 30.8. The number of allylic oxidation sites excluding steroid dienone is 1. The number of aryl methyl sites for hydroxylation is 1. The Morgan fingerprint density at radius 2 is 1.93 bits per heavy atom. The van der Waals surface area contributed by atoms with Gasteiger partial charge >= 0.3 is 5.97 Å². The Morgan fingerprint density at radius 3 is 2.63 bits per heavy atom. The largest absolute Gasteiger partial charge is 0.462 e. The highest BCUT2D eigenvalue weighted by Gasteiger charge is 2.79. The standard InChI is InChI=1S/C33H44N2O6/c1-18-7-9-22-21(14-18)33(28(39)34-22)24(32(25-6-5-13-35(25)33)27(38)16-41-29(32)40)15-20-19(2)8-10-23-30(20,3)12-11-26(37)31(23,4)17-36/h7,9,14,20,23-27,36-38H,2,5-6,8,10-13,15-17H2,1,3-4H3,(H,34,39)/t20-,23+,24?,25?,26-,27-,30-,31+,32-,33+/m1/s1. The van der Waals surface area contributed by atoms with Gasteiger partial charge in [-0.2, -0.15) is 0 Å². The van der Waals surface area contributed by atoms with Gasteiger partial charge in [-0.3, -0.25) is 14.5 Å². The smallest absolute Gasteiger partial charge is 0.316 e. The van der Waals surface area contributed by atoms with Crippen LogP contribution in [0.4, 0.5) is 5.69 Å². The zero-order valence-electron chi connectivity index (χ0n) is 24.5. The maximum Gasteiger partial charge on any atom is 0.316 e. The zero-order chi connectivity index (χ0) is 29.1. The maximum absolute atomic E-state index is 14.5. The molecule has 6 aliphatic rings. The monoisotopic (exact) mass is 564 g/mol. The van der Waals surface area contributed by atoms with Crippen molar-refractivity contribution in [1.82, 2.24) is 4.90 Å². The topological polar surface area (TPSA) is 119 Å². The lowest BCUT2D eigenvalue weighted by atomic mass is 9.44. The molecule has 7 rings (SSSR count). The van der Waals surface area contributed by atoms with Crippen LogP contribution < -0.4 is 5.32 Å². The van der Waals surface area contributed by atoms with E-state index in [2.05, 4.69) is 29.8 Å². The molecular formula is C33H44N2O6. The van der Waals surface area contributed by atoms with Crippen molar-refractivity contribution in [3.05, 3.63) is 41.5 Å². The van der Waals surface area contributed by atoms with E-state index in [1.165, 1.54) is 0 Å². The summed E-state index contributed by atoms with van der Waals surface area (Å²) in [5.74, 6) is -1.04. The zero-order valence-corrected chi connectivity index (χ0v) is 24.5. The fraction of sp³-hybridized carbons (Fsp3) is 0.697. The van der Waals surface area contributed by atoms with E-state index in [1.807, 2.05) is 26.0 Å². The lowest BCUT2D eigenvalue weighted by molar-refractivity contribution is -0.161. The molecule has 8 heteroatoms. The quantitative estimate of drug-likeness (QED) is 0.329. The van der Waals surface area contributed by atoms with Crippen molar-refractivity contribution in [1.29, 1.82) is 0 Å². The summed E-state index contributed by atoms with van der Waals surface area (Å²) >= 11 is 0. The first-order valence-electron chi connectivity index (χ1n) is 15.5. The molecule has 0 bridgehead atoms. The first kappa shape index (κ1) is 27.6. The second-order valence-electron chi connectivity index (χ2n) is 14.5. The van der Waals surface area contributed by atoms with Crippen molar-refractivity contribution >= 4 is 17.6 Å². The Labute approximate surface area is 242 Å². The van der Waals surface area contributed by atoms with Crippen molar-refractivity contribution in [2.75, 3.05) is 25.1 Å². The number of anilines is 1. The Kier molecular flexibility index (Phi) is 5.97. The van der Waals surface area contributed by atoms with Crippen LogP contribution in [0, 0.1) is 40.9 Å². The summed E-state index contributed by atoms with van der Waals surface area (Å²) in [6.45, 7) is 11.4. The second kappa shape index (κ2) is 8.88. The van der Waals surface area contributed by atoms with Gasteiger partial charge in [0.25, 0.3) is 0 Å². The highest BCUT2D eigenvalue weighted by Crippen LogP contribution is 2.69. The van der Waals surface area contributed by atoms with Crippen molar-refractivity contribution in [2.24, 2.45) is 34.0 Å². The molecule has 8 nitrogen and oxygen atoms in total. The molecule has 1 amide bonds. The van der Waals surface area contributed by atoms with Gasteiger partial charge in [0.05, 0.1) is 12.7 Å². The van der Waals surface area contributed by atoms with Crippen molar-refractivity contribution in [2.45, 2.75) is 89.5 Å². The summed E-state index contributed by atoms with van der Waals surface area (Å²) in [6, 6.07) is 5.74. The fourth-order valence-electron chi connectivity index (χ4n) is 11.0. The van der Waals surface area contributed by atoms with Crippen LogP contribution in [0.2, 0.25) is 0 Å². The Balaban J connectivity index is 1.43. The number of aliphatic hydroxyl groups excluding tert-OH is 3. The van der Waals surface area contributed by atoms with Crippen molar-refractivity contribution in [3.8, 4) is 0 Å². The number of rotatable bonds is 3. The average Bonchev–Trinajstić information content (AvgIpc) is 3.66. The van der Waals surface area contributed by atoms with Crippen LogP contribution in [0.5, 0.6) is 0 Å². The number of benzene rings is 1. The molecule has 0 aromatic heterocycles. The lowest BCUT2D eigenvalue weighted by Gasteiger charge is -2.60. The van der Waals surface area contributed by atoms with Gasteiger partial charge in [-0.15, -0.1) is 0 Å². The maximum atomic E-state index is 14.5. The summed E-state index contributed by atoms with van der Waals surface area (Å²) < 4.78 is 5.67. The fourth-order valence-corrected chi connectivity index (χ4v) is 11.0. The lowest BCUT2D eigenvalue weighted by Crippen LogP contribution is -2.59. The van der Waals surface area contributed by atoms with Crippen molar-refractivity contribution in [3.63, 3.8) is 0 Å². The van der Waals surface area contributed by atoms with Crippen LogP contribution in [0.3, 0.4) is 0 Å². The predicted molar refractivity (Wildman–Crippen MR) is 153 cm³/mol. The van der Waals surface area contributed by atoms with Gasteiger partial charge in [-0.25, -0.2) is 0 Å². The molecule has 2 unspecified atom stereocenters. The number of nitrogens with zero attached hydrogens (tertiary/aromatic N) is 1.